The molecule has 0 atom stereocenters. The molecule has 4 aromatic rings. The minimum atomic E-state index is 0.838. The van der Waals surface area contributed by atoms with E-state index >= 15 is 0 Å². The van der Waals surface area contributed by atoms with Crippen molar-refractivity contribution in [1.29, 1.82) is 0 Å². The van der Waals surface area contributed by atoms with E-state index in [0.29, 0.717) is 0 Å². The highest BCUT2D eigenvalue weighted by atomic mass is 32.1. The number of rotatable bonds is 3. The number of hydrogen-bond donors (Lipinski definition) is 0. The monoisotopic (exact) mass is 303 g/mol. The molecule has 0 amide bonds. The van der Waals surface area contributed by atoms with Gasteiger partial charge in [-0.2, -0.15) is 0 Å². The number of thiophene rings is 1. The molecule has 0 unspecified atom stereocenters. The van der Waals surface area contributed by atoms with Gasteiger partial charge < -0.3 is 4.74 Å². The predicted molar refractivity (Wildman–Crippen MR) is 91.6 cm³/mol. The maximum Gasteiger partial charge on any atom is 0.148 e. The largest absolute Gasteiger partial charge is 0.456 e. The fourth-order valence-electron chi connectivity index (χ4n) is 2.36. The average Bonchev–Trinajstić information content (AvgIpc) is 3.02. The van der Waals surface area contributed by atoms with Gasteiger partial charge in [-0.15, -0.1) is 11.3 Å². The van der Waals surface area contributed by atoms with E-state index in [0.717, 1.165) is 21.7 Å². The summed E-state index contributed by atoms with van der Waals surface area (Å²) in [6, 6.07) is 24.2. The van der Waals surface area contributed by atoms with Crippen molar-refractivity contribution in [3.8, 4) is 21.9 Å². The van der Waals surface area contributed by atoms with Gasteiger partial charge in [0.05, 0.1) is 10.2 Å². The topological polar surface area (TPSA) is 22.1 Å². The summed E-state index contributed by atoms with van der Waals surface area (Å²) in [6.07, 6.45) is 1.79. The summed E-state index contributed by atoms with van der Waals surface area (Å²) in [7, 11) is 0. The predicted octanol–water partition coefficient (Wildman–Crippen LogP) is 5.76. The van der Waals surface area contributed by atoms with Gasteiger partial charge in [0.15, 0.2) is 0 Å². The number of nitrogens with zero attached hydrogens (tertiary/aromatic N) is 1. The summed E-state index contributed by atoms with van der Waals surface area (Å²) in [5, 5.41) is 0. The number of benzene rings is 2. The molecule has 3 heteroatoms. The van der Waals surface area contributed by atoms with Gasteiger partial charge in [-0.3, -0.25) is 4.98 Å². The third-order valence-corrected chi connectivity index (χ3v) is 4.59. The fraction of sp³-hybridized carbons (Fsp3) is 0. The average molecular weight is 303 g/mol. The van der Waals surface area contributed by atoms with E-state index in [1.807, 2.05) is 42.5 Å². The lowest BCUT2D eigenvalue weighted by atomic mass is 10.2. The van der Waals surface area contributed by atoms with Crippen molar-refractivity contribution in [2.24, 2.45) is 0 Å². The summed E-state index contributed by atoms with van der Waals surface area (Å²) >= 11 is 1.71. The van der Waals surface area contributed by atoms with Gasteiger partial charge in [0, 0.05) is 17.1 Å². The van der Waals surface area contributed by atoms with Crippen LogP contribution in [0.1, 0.15) is 0 Å². The minimum Gasteiger partial charge on any atom is -0.456 e. The molecule has 0 radical (unpaired) electrons. The zero-order valence-electron chi connectivity index (χ0n) is 11.8. The molecule has 2 aromatic carbocycles. The van der Waals surface area contributed by atoms with E-state index in [1.165, 1.54) is 10.4 Å². The van der Waals surface area contributed by atoms with Crippen LogP contribution >= 0.6 is 11.3 Å². The second-order valence-corrected chi connectivity index (χ2v) is 5.97. The Bertz CT molecular complexity index is 901. The lowest BCUT2D eigenvalue weighted by Gasteiger charge is -2.05. The van der Waals surface area contributed by atoms with Crippen LogP contribution in [-0.4, -0.2) is 4.98 Å². The van der Waals surface area contributed by atoms with Crippen LogP contribution in [0.5, 0.6) is 11.5 Å². The Morgan fingerprint density at radius 3 is 2.32 bits per heavy atom. The number of fused-ring (bicyclic) bond motifs is 1. The van der Waals surface area contributed by atoms with Gasteiger partial charge in [0.1, 0.15) is 11.5 Å². The molecular formula is C19H13NOS. The van der Waals surface area contributed by atoms with Crippen molar-refractivity contribution >= 4 is 21.6 Å². The van der Waals surface area contributed by atoms with Crippen molar-refractivity contribution < 1.29 is 4.74 Å². The van der Waals surface area contributed by atoms with Gasteiger partial charge in [-0.05, 0) is 23.8 Å². The van der Waals surface area contributed by atoms with Gasteiger partial charge >= 0.3 is 0 Å². The molecule has 2 nitrogen and oxygen atoms in total. The summed E-state index contributed by atoms with van der Waals surface area (Å²) in [5.74, 6) is 1.69. The quantitative estimate of drug-likeness (QED) is 0.480. The molecule has 0 saturated heterocycles. The Balaban J connectivity index is 1.78. The van der Waals surface area contributed by atoms with Crippen molar-refractivity contribution in [2.75, 3.05) is 0 Å². The molecule has 2 aromatic heterocycles. The minimum absolute atomic E-state index is 0.838. The number of pyridine rings is 1. The number of ether oxygens (including phenoxy) is 1. The highest BCUT2D eigenvalue weighted by Gasteiger charge is 2.10. The Labute approximate surface area is 132 Å². The summed E-state index contributed by atoms with van der Waals surface area (Å²) in [6.45, 7) is 0. The van der Waals surface area contributed by atoms with E-state index in [2.05, 4.69) is 35.3 Å². The van der Waals surface area contributed by atoms with Crippen LogP contribution < -0.4 is 4.74 Å². The third-order valence-electron chi connectivity index (χ3n) is 3.41. The molecule has 0 aliphatic rings. The van der Waals surface area contributed by atoms with Crippen molar-refractivity contribution in [3.63, 3.8) is 0 Å². The summed E-state index contributed by atoms with van der Waals surface area (Å²) < 4.78 is 7.09. The second kappa shape index (κ2) is 5.62. The van der Waals surface area contributed by atoms with Gasteiger partial charge in [-0.25, -0.2) is 0 Å². The van der Waals surface area contributed by atoms with Crippen molar-refractivity contribution in [2.45, 2.75) is 0 Å². The van der Waals surface area contributed by atoms with Crippen LogP contribution in [0.4, 0.5) is 0 Å². The van der Waals surface area contributed by atoms with Crippen LogP contribution in [0, 0.1) is 0 Å². The molecule has 0 saturated carbocycles. The lowest BCUT2D eigenvalue weighted by molar-refractivity contribution is 0.489. The first-order valence-electron chi connectivity index (χ1n) is 7.07. The smallest absolute Gasteiger partial charge is 0.148 e. The molecular weight excluding hydrogens is 290 g/mol. The van der Waals surface area contributed by atoms with Crippen LogP contribution in [0.25, 0.3) is 20.7 Å². The number of aromatic nitrogens is 1. The first kappa shape index (κ1) is 13.0. The molecule has 0 N–H and O–H groups in total. The Hall–Kier alpha value is -2.65. The van der Waals surface area contributed by atoms with E-state index in [1.54, 1.807) is 17.5 Å². The zero-order valence-corrected chi connectivity index (χ0v) is 12.6. The normalized spacial score (nSPS) is 10.7. The summed E-state index contributed by atoms with van der Waals surface area (Å²) in [4.78, 5) is 5.66. The Kier molecular flexibility index (Phi) is 3.33. The van der Waals surface area contributed by atoms with Crippen molar-refractivity contribution in [1.82, 2.24) is 4.98 Å². The van der Waals surface area contributed by atoms with E-state index in [-0.39, 0.29) is 0 Å². The van der Waals surface area contributed by atoms with Crippen molar-refractivity contribution in [3.05, 3.63) is 79.0 Å². The van der Waals surface area contributed by atoms with E-state index in [9.17, 15) is 0 Å². The Morgan fingerprint density at radius 1 is 0.818 bits per heavy atom. The Morgan fingerprint density at radius 2 is 1.55 bits per heavy atom. The maximum atomic E-state index is 6.01. The first-order chi connectivity index (χ1) is 10.9. The lowest BCUT2D eigenvalue weighted by Crippen LogP contribution is -1.84. The molecule has 0 bridgehead atoms. The molecule has 4 rings (SSSR count). The molecule has 22 heavy (non-hydrogen) atoms. The number of para-hydroxylation sites is 1. The molecule has 0 spiro atoms. The molecule has 0 aliphatic carbocycles. The SMILES string of the molecule is c1ccc(Oc2ccnc3cc(-c4ccccc4)sc23)cc1. The first-order valence-corrected chi connectivity index (χ1v) is 7.89. The number of hydrogen-bond acceptors (Lipinski definition) is 3. The molecule has 0 aliphatic heterocycles. The standard InChI is InChI=1S/C19H13NOS/c1-3-7-14(8-4-1)18-13-16-19(22-18)17(11-12-20-16)21-15-9-5-2-6-10-15/h1-13H. The fourth-order valence-corrected chi connectivity index (χ4v) is 3.43. The second-order valence-electron chi connectivity index (χ2n) is 4.92. The highest BCUT2D eigenvalue weighted by Crippen LogP contribution is 2.38. The summed E-state index contributed by atoms with van der Waals surface area (Å²) in [5.41, 5.74) is 2.17. The van der Waals surface area contributed by atoms with Gasteiger partial charge in [0.25, 0.3) is 0 Å². The molecule has 106 valence electrons. The van der Waals surface area contributed by atoms with Crippen LogP contribution in [0.3, 0.4) is 0 Å². The van der Waals surface area contributed by atoms with Gasteiger partial charge in [-0.1, -0.05) is 48.5 Å². The molecule has 0 fully saturated rings. The van der Waals surface area contributed by atoms with Crippen LogP contribution in [-0.2, 0) is 0 Å². The van der Waals surface area contributed by atoms with Gasteiger partial charge in [0.2, 0.25) is 0 Å². The van der Waals surface area contributed by atoms with Crippen LogP contribution in [0.2, 0.25) is 0 Å². The highest BCUT2D eigenvalue weighted by molar-refractivity contribution is 7.22. The van der Waals surface area contributed by atoms with E-state index < -0.39 is 0 Å². The maximum absolute atomic E-state index is 6.01. The third kappa shape index (κ3) is 2.47. The zero-order chi connectivity index (χ0) is 14.8. The van der Waals surface area contributed by atoms with Crippen LogP contribution in [0.15, 0.2) is 79.0 Å². The van der Waals surface area contributed by atoms with E-state index in [4.69, 9.17) is 4.74 Å². The molecule has 2 heterocycles.